The van der Waals surface area contributed by atoms with E-state index in [1.807, 2.05) is 23.9 Å². The summed E-state index contributed by atoms with van der Waals surface area (Å²) in [5, 5.41) is 4.13. The van der Waals surface area contributed by atoms with Crippen LogP contribution in [0.4, 0.5) is 0 Å². The van der Waals surface area contributed by atoms with Crippen molar-refractivity contribution < 1.29 is 9.53 Å². The van der Waals surface area contributed by atoms with Crippen LogP contribution in [0.2, 0.25) is 0 Å². The van der Waals surface area contributed by atoms with Gasteiger partial charge in [-0.05, 0) is 13.0 Å². The summed E-state index contributed by atoms with van der Waals surface area (Å²) in [6.07, 6.45) is 3.51. The standard InChI is InChI=1S/C11H18N4O2/c1-9-10(11(12)16)14(7-8-17-9)5-6-15-4-2-3-13-15/h2-4,9-10H,5-8H2,1H3,(H2,12,16)/t9-,10+/m1/s1. The largest absolute Gasteiger partial charge is 0.375 e. The van der Waals surface area contributed by atoms with Crippen LogP contribution in [-0.4, -0.2) is 52.4 Å². The Hall–Kier alpha value is -1.40. The topological polar surface area (TPSA) is 73.4 Å². The highest BCUT2D eigenvalue weighted by Gasteiger charge is 2.33. The fraction of sp³-hybridized carbons (Fsp3) is 0.636. The summed E-state index contributed by atoms with van der Waals surface area (Å²) < 4.78 is 7.30. The van der Waals surface area contributed by atoms with Gasteiger partial charge in [-0.15, -0.1) is 0 Å². The zero-order valence-electron chi connectivity index (χ0n) is 9.95. The number of hydrogen-bond donors (Lipinski definition) is 1. The van der Waals surface area contributed by atoms with Crippen molar-refractivity contribution >= 4 is 5.91 Å². The Bertz CT molecular complexity index is 366. The molecule has 0 spiro atoms. The second kappa shape index (κ2) is 5.29. The maximum atomic E-state index is 11.4. The molecule has 1 aliphatic rings. The van der Waals surface area contributed by atoms with Crippen LogP contribution in [0.15, 0.2) is 18.5 Å². The first-order chi connectivity index (χ1) is 8.18. The highest BCUT2D eigenvalue weighted by molar-refractivity contribution is 5.80. The third-order valence-electron chi connectivity index (χ3n) is 3.06. The number of nitrogens with two attached hydrogens (primary N) is 1. The van der Waals surface area contributed by atoms with E-state index in [9.17, 15) is 4.79 Å². The van der Waals surface area contributed by atoms with Crippen LogP contribution < -0.4 is 5.73 Å². The fourth-order valence-electron chi connectivity index (χ4n) is 2.21. The summed E-state index contributed by atoms with van der Waals surface area (Å²) in [6, 6.07) is 1.55. The maximum absolute atomic E-state index is 11.4. The van der Waals surface area contributed by atoms with Gasteiger partial charge >= 0.3 is 0 Å². The average Bonchev–Trinajstić information content (AvgIpc) is 2.78. The van der Waals surface area contributed by atoms with E-state index in [1.165, 1.54) is 0 Å². The third-order valence-corrected chi connectivity index (χ3v) is 3.06. The zero-order valence-corrected chi connectivity index (χ0v) is 9.95. The lowest BCUT2D eigenvalue weighted by atomic mass is 10.1. The second-order valence-corrected chi connectivity index (χ2v) is 4.23. The van der Waals surface area contributed by atoms with Gasteiger partial charge in [0, 0.05) is 25.5 Å². The molecule has 0 saturated carbocycles. The van der Waals surface area contributed by atoms with Crippen LogP contribution in [0.3, 0.4) is 0 Å². The maximum Gasteiger partial charge on any atom is 0.237 e. The molecule has 2 heterocycles. The number of carbonyl (C=O) groups is 1. The molecule has 0 bridgehead atoms. The Kier molecular flexibility index (Phi) is 3.75. The lowest BCUT2D eigenvalue weighted by molar-refractivity contribution is -0.135. The highest BCUT2D eigenvalue weighted by atomic mass is 16.5. The van der Waals surface area contributed by atoms with Gasteiger partial charge in [-0.3, -0.25) is 14.4 Å². The third kappa shape index (κ3) is 2.83. The van der Waals surface area contributed by atoms with E-state index >= 15 is 0 Å². The minimum absolute atomic E-state index is 0.140. The molecule has 1 aromatic heterocycles. The van der Waals surface area contributed by atoms with Crippen LogP contribution in [0.5, 0.6) is 0 Å². The van der Waals surface area contributed by atoms with Gasteiger partial charge in [0.15, 0.2) is 0 Å². The van der Waals surface area contributed by atoms with Crippen LogP contribution in [0, 0.1) is 0 Å². The highest BCUT2D eigenvalue weighted by Crippen LogP contribution is 2.13. The number of nitrogens with zero attached hydrogens (tertiary/aromatic N) is 3. The zero-order chi connectivity index (χ0) is 12.3. The number of morpholine rings is 1. The molecule has 1 aromatic rings. The van der Waals surface area contributed by atoms with E-state index in [4.69, 9.17) is 10.5 Å². The average molecular weight is 238 g/mol. The molecule has 0 unspecified atom stereocenters. The fourth-order valence-corrected chi connectivity index (χ4v) is 2.21. The van der Waals surface area contributed by atoms with Gasteiger partial charge in [-0.1, -0.05) is 0 Å². The van der Waals surface area contributed by atoms with E-state index in [-0.39, 0.29) is 18.1 Å². The van der Waals surface area contributed by atoms with Crippen molar-refractivity contribution in [2.75, 3.05) is 19.7 Å². The first-order valence-electron chi connectivity index (χ1n) is 5.81. The molecule has 6 nitrogen and oxygen atoms in total. The number of aromatic nitrogens is 2. The monoisotopic (exact) mass is 238 g/mol. The predicted octanol–water partition coefficient (Wildman–Crippen LogP) is -0.542. The normalized spacial score (nSPS) is 25.9. The van der Waals surface area contributed by atoms with Gasteiger partial charge in [0.2, 0.25) is 5.91 Å². The molecular weight excluding hydrogens is 220 g/mol. The van der Waals surface area contributed by atoms with E-state index in [1.54, 1.807) is 6.20 Å². The minimum atomic E-state index is -0.334. The summed E-state index contributed by atoms with van der Waals surface area (Å²) in [5.74, 6) is -0.322. The Labute approximate surface area is 100 Å². The molecule has 2 N–H and O–H groups in total. The Morgan fingerprint density at radius 1 is 1.59 bits per heavy atom. The van der Waals surface area contributed by atoms with Gasteiger partial charge in [0.05, 0.1) is 19.3 Å². The van der Waals surface area contributed by atoms with Gasteiger partial charge in [0.1, 0.15) is 6.04 Å². The van der Waals surface area contributed by atoms with Crippen LogP contribution in [0.25, 0.3) is 0 Å². The quantitative estimate of drug-likeness (QED) is 0.764. The Morgan fingerprint density at radius 2 is 2.41 bits per heavy atom. The number of hydrogen-bond acceptors (Lipinski definition) is 4. The van der Waals surface area contributed by atoms with Crippen molar-refractivity contribution in [2.24, 2.45) is 5.73 Å². The van der Waals surface area contributed by atoms with Crippen molar-refractivity contribution in [2.45, 2.75) is 25.6 Å². The van der Waals surface area contributed by atoms with Crippen LogP contribution >= 0.6 is 0 Å². The van der Waals surface area contributed by atoms with E-state index in [0.717, 1.165) is 19.6 Å². The number of ether oxygens (including phenoxy) is 1. The molecule has 1 aliphatic heterocycles. The molecular formula is C11H18N4O2. The molecule has 17 heavy (non-hydrogen) atoms. The first-order valence-corrected chi connectivity index (χ1v) is 5.81. The van der Waals surface area contributed by atoms with Crippen molar-refractivity contribution in [3.05, 3.63) is 18.5 Å². The second-order valence-electron chi connectivity index (χ2n) is 4.23. The van der Waals surface area contributed by atoms with Crippen molar-refractivity contribution in [3.8, 4) is 0 Å². The number of rotatable bonds is 4. The summed E-state index contributed by atoms with van der Waals surface area (Å²) in [4.78, 5) is 13.5. The van der Waals surface area contributed by atoms with Crippen LogP contribution in [0.1, 0.15) is 6.92 Å². The molecule has 1 saturated heterocycles. The summed E-state index contributed by atoms with van der Waals surface area (Å²) >= 11 is 0. The molecule has 1 amide bonds. The van der Waals surface area contributed by atoms with Crippen molar-refractivity contribution in [1.29, 1.82) is 0 Å². The SMILES string of the molecule is C[C@H]1OCCN(CCn2cccn2)[C@@H]1C(N)=O. The van der Waals surface area contributed by atoms with Crippen LogP contribution in [-0.2, 0) is 16.1 Å². The van der Waals surface area contributed by atoms with E-state index in [2.05, 4.69) is 10.00 Å². The van der Waals surface area contributed by atoms with E-state index in [0.29, 0.717) is 6.61 Å². The lowest BCUT2D eigenvalue weighted by Gasteiger charge is -2.37. The summed E-state index contributed by atoms with van der Waals surface area (Å²) in [7, 11) is 0. The molecule has 6 heteroatoms. The Balaban J connectivity index is 1.95. The number of primary amides is 1. The molecule has 94 valence electrons. The van der Waals surface area contributed by atoms with Crippen molar-refractivity contribution in [1.82, 2.24) is 14.7 Å². The molecule has 2 rings (SSSR count). The van der Waals surface area contributed by atoms with E-state index < -0.39 is 0 Å². The van der Waals surface area contributed by atoms with Gasteiger partial charge < -0.3 is 10.5 Å². The number of amides is 1. The smallest absolute Gasteiger partial charge is 0.237 e. The first kappa shape index (κ1) is 12.1. The summed E-state index contributed by atoms with van der Waals surface area (Å²) in [6.45, 7) is 4.77. The van der Waals surface area contributed by atoms with Crippen molar-refractivity contribution in [3.63, 3.8) is 0 Å². The molecule has 2 atom stereocenters. The predicted molar refractivity (Wildman–Crippen MR) is 62.2 cm³/mol. The number of carbonyl (C=O) groups excluding carboxylic acids is 1. The molecule has 1 fully saturated rings. The molecule has 0 aromatic carbocycles. The summed E-state index contributed by atoms with van der Waals surface area (Å²) in [5.41, 5.74) is 5.41. The molecule has 0 radical (unpaired) electrons. The molecule has 0 aliphatic carbocycles. The van der Waals surface area contributed by atoms with Gasteiger partial charge in [-0.2, -0.15) is 5.10 Å². The van der Waals surface area contributed by atoms with Gasteiger partial charge in [-0.25, -0.2) is 0 Å². The Morgan fingerprint density at radius 3 is 3.06 bits per heavy atom. The van der Waals surface area contributed by atoms with Gasteiger partial charge in [0.25, 0.3) is 0 Å². The minimum Gasteiger partial charge on any atom is -0.375 e. The lowest BCUT2D eigenvalue weighted by Crippen LogP contribution is -2.57.